The van der Waals surface area contributed by atoms with Crippen LogP contribution in [0, 0.1) is 5.92 Å². The first-order valence-corrected chi connectivity index (χ1v) is 13.4. The topological polar surface area (TPSA) is 137 Å². The van der Waals surface area contributed by atoms with E-state index in [1.807, 2.05) is 45.0 Å². The van der Waals surface area contributed by atoms with Crippen molar-refractivity contribution < 1.29 is 38.4 Å². The van der Waals surface area contributed by atoms with Crippen molar-refractivity contribution in [3.63, 3.8) is 0 Å². The molecule has 11 heteroatoms. The molecular weight excluding hydrogens is 542 g/mol. The van der Waals surface area contributed by atoms with Crippen molar-refractivity contribution >= 4 is 11.8 Å². The average Bonchev–Trinajstić information content (AvgIpc) is 2.99. The highest BCUT2D eigenvalue weighted by Crippen LogP contribution is 2.38. The van der Waals surface area contributed by atoms with Gasteiger partial charge in [0, 0.05) is 24.2 Å². The summed E-state index contributed by atoms with van der Waals surface area (Å²) in [6.07, 6.45) is 1.34. The predicted octanol–water partition coefficient (Wildman–Crippen LogP) is 3.92. The third-order valence-corrected chi connectivity index (χ3v) is 6.96. The van der Waals surface area contributed by atoms with Crippen molar-refractivity contribution in [1.82, 2.24) is 15.6 Å². The first-order chi connectivity index (χ1) is 20.1. The van der Waals surface area contributed by atoms with Gasteiger partial charge in [-0.3, -0.25) is 9.59 Å². The van der Waals surface area contributed by atoms with Crippen LogP contribution >= 0.6 is 0 Å². The fourth-order valence-electron chi connectivity index (χ4n) is 4.77. The minimum atomic E-state index is -0.927. The molecule has 0 bridgehead atoms. The van der Waals surface area contributed by atoms with Gasteiger partial charge in [-0.25, -0.2) is 4.98 Å². The molecule has 1 aromatic heterocycles. The maximum Gasteiger partial charge on any atom is 0.274 e. The lowest BCUT2D eigenvalue weighted by Crippen LogP contribution is -2.52. The molecule has 11 nitrogen and oxygen atoms in total. The molecule has 0 fully saturated rings. The Morgan fingerprint density at radius 1 is 0.714 bits per heavy atom. The third-order valence-electron chi connectivity index (χ3n) is 6.96. The first-order valence-electron chi connectivity index (χ1n) is 13.4. The summed E-state index contributed by atoms with van der Waals surface area (Å²) in [5.41, 5.74) is 1.46. The van der Waals surface area contributed by atoms with Crippen LogP contribution in [0.1, 0.15) is 48.3 Å². The number of ether oxygens (including phenoxy) is 5. The SMILES string of the molecule is COc1ccc(C(c2ccc(OC)c(OC)c2)[C@H](C)NC(=O)[C@@H](NC(=O)c2nccc(OC)c2O)C(C)C)cc1OC. The minimum Gasteiger partial charge on any atom is -0.503 e. The van der Waals surface area contributed by atoms with Crippen molar-refractivity contribution in [2.24, 2.45) is 5.92 Å². The largest absolute Gasteiger partial charge is 0.503 e. The van der Waals surface area contributed by atoms with Gasteiger partial charge in [0.25, 0.3) is 5.91 Å². The van der Waals surface area contributed by atoms with Gasteiger partial charge in [-0.2, -0.15) is 0 Å². The summed E-state index contributed by atoms with van der Waals surface area (Å²) in [5.74, 6) is 0.160. The van der Waals surface area contributed by atoms with Crippen LogP contribution in [0.4, 0.5) is 0 Å². The molecule has 42 heavy (non-hydrogen) atoms. The molecular formula is C31H39N3O8. The molecule has 0 aliphatic rings. The Bertz CT molecular complexity index is 1340. The monoisotopic (exact) mass is 581 g/mol. The van der Waals surface area contributed by atoms with E-state index in [4.69, 9.17) is 23.7 Å². The van der Waals surface area contributed by atoms with Crippen molar-refractivity contribution in [3.05, 3.63) is 65.5 Å². The quantitative estimate of drug-likeness (QED) is 0.274. The maximum atomic E-state index is 13.7. The number of pyridine rings is 1. The smallest absolute Gasteiger partial charge is 0.274 e. The Balaban J connectivity index is 1.97. The molecule has 2 aromatic carbocycles. The van der Waals surface area contributed by atoms with Gasteiger partial charge in [0.05, 0.1) is 35.5 Å². The third kappa shape index (κ3) is 6.96. The van der Waals surface area contributed by atoms with Crippen LogP contribution in [0.25, 0.3) is 0 Å². The van der Waals surface area contributed by atoms with E-state index < -0.39 is 29.6 Å². The van der Waals surface area contributed by atoms with E-state index in [1.54, 1.807) is 40.6 Å². The molecule has 3 aromatic rings. The van der Waals surface area contributed by atoms with Gasteiger partial charge in [0.2, 0.25) is 5.91 Å². The Kier molecular flexibility index (Phi) is 10.8. The summed E-state index contributed by atoms with van der Waals surface area (Å²) in [5, 5.41) is 16.2. The number of hydrogen-bond donors (Lipinski definition) is 3. The average molecular weight is 582 g/mol. The molecule has 2 amide bonds. The van der Waals surface area contributed by atoms with Crippen LogP contribution in [0.2, 0.25) is 0 Å². The van der Waals surface area contributed by atoms with Gasteiger partial charge < -0.3 is 39.4 Å². The number of nitrogens with one attached hydrogen (secondary N) is 2. The number of rotatable bonds is 13. The van der Waals surface area contributed by atoms with Gasteiger partial charge in [-0.1, -0.05) is 26.0 Å². The lowest BCUT2D eigenvalue weighted by Gasteiger charge is -2.30. The van der Waals surface area contributed by atoms with Gasteiger partial charge >= 0.3 is 0 Å². The van der Waals surface area contributed by atoms with E-state index >= 15 is 0 Å². The number of aromatic nitrogens is 1. The van der Waals surface area contributed by atoms with Crippen LogP contribution in [0.3, 0.4) is 0 Å². The number of carbonyl (C=O) groups is 2. The standard InChI is InChI=1S/C31H39N3O8/c1-17(2)27(34-31(37)28-29(35)23(40-6)13-14-32-28)30(36)33-18(3)26(19-9-11-21(38-4)24(15-19)41-7)20-10-12-22(39-5)25(16-20)42-8/h9-18,26-27,35H,1-8H3,(H,33,36)(H,34,37)/t18-,27-/m0/s1. The molecule has 0 unspecified atom stereocenters. The van der Waals surface area contributed by atoms with E-state index in [1.165, 1.54) is 19.4 Å². The molecule has 0 aliphatic heterocycles. The van der Waals surface area contributed by atoms with Crippen LogP contribution < -0.4 is 34.3 Å². The number of nitrogens with zero attached hydrogens (tertiary/aromatic N) is 1. The highest BCUT2D eigenvalue weighted by Gasteiger charge is 2.31. The lowest BCUT2D eigenvalue weighted by atomic mass is 9.85. The Morgan fingerprint density at radius 2 is 1.21 bits per heavy atom. The lowest BCUT2D eigenvalue weighted by molar-refractivity contribution is -0.124. The Morgan fingerprint density at radius 3 is 1.67 bits per heavy atom. The Labute approximate surface area is 246 Å². The molecule has 0 radical (unpaired) electrons. The molecule has 226 valence electrons. The highest BCUT2D eigenvalue weighted by molar-refractivity contribution is 5.98. The number of hydrogen-bond acceptors (Lipinski definition) is 9. The molecule has 0 spiro atoms. The maximum absolute atomic E-state index is 13.7. The summed E-state index contributed by atoms with van der Waals surface area (Å²) in [6, 6.07) is 11.2. The normalized spacial score (nSPS) is 12.3. The van der Waals surface area contributed by atoms with Crippen LogP contribution in [-0.4, -0.2) is 69.5 Å². The number of carbonyl (C=O) groups excluding carboxylic acids is 2. The molecule has 2 atom stereocenters. The summed E-state index contributed by atoms with van der Waals surface area (Å²) >= 11 is 0. The zero-order valence-corrected chi connectivity index (χ0v) is 25.2. The summed E-state index contributed by atoms with van der Waals surface area (Å²) in [7, 11) is 7.61. The van der Waals surface area contributed by atoms with Gasteiger partial charge in [0.15, 0.2) is 40.2 Å². The second-order valence-electron chi connectivity index (χ2n) is 9.91. The van der Waals surface area contributed by atoms with Gasteiger partial charge in [0.1, 0.15) is 6.04 Å². The molecule has 0 aliphatic carbocycles. The summed E-state index contributed by atoms with van der Waals surface area (Å²) < 4.78 is 27.0. The van der Waals surface area contributed by atoms with E-state index in [-0.39, 0.29) is 23.3 Å². The van der Waals surface area contributed by atoms with E-state index in [0.29, 0.717) is 23.0 Å². The number of amides is 2. The number of methoxy groups -OCH3 is 5. The zero-order valence-electron chi connectivity index (χ0n) is 25.2. The van der Waals surface area contributed by atoms with Crippen LogP contribution in [0.5, 0.6) is 34.5 Å². The van der Waals surface area contributed by atoms with Crippen molar-refractivity contribution in [2.45, 2.75) is 38.8 Å². The highest BCUT2D eigenvalue weighted by atomic mass is 16.5. The zero-order chi connectivity index (χ0) is 31.0. The number of aromatic hydroxyl groups is 1. The van der Waals surface area contributed by atoms with Crippen molar-refractivity contribution in [1.29, 1.82) is 0 Å². The second-order valence-corrected chi connectivity index (χ2v) is 9.91. The predicted molar refractivity (Wildman–Crippen MR) is 157 cm³/mol. The fourth-order valence-corrected chi connectivity index (χ4v) is 4.77. The fraction of sp³-hybridized carbons (Fsp3) is 0.387. The first kappa shape index (κ1) is 31.9. The molecule has 3 N–H and O–H groups in total. The van der Waals surface area contributed by atoms with Crippen LogP contribution in [-0.2, 0) is 4.79 Å². The van der Waals surface area contributed by atoms with Gasteiger partial charge in [-0.05, 0) is 48.2 Å². The Hall–Kier alpha value is -4.67. The molecule has 0 saturated carbocycles. The number of benzene rings is 2. The van der Waals surface area contributed by atoms with E-state index in [2.05, 4.69) is 15.6 Å². The minimum absolute atomic E-state index is 0.0991. The summed E-state index contributed by atoms with van der Waals surface area (Å²) in [6.45, 7) is 5.51. The van der Waals surface area contributed by atoms with Crippen molar-refractivity contribution in [2.75, 3.05) is 35.5 Å². The van der Waals surface area contributed by atoms with Crippen LogP contribution in [0.15, 0.2) is 48.7 Å². The second kappa shape index (κ2) is 14.3. The summed E-state index contributed by atoms with van der Waals surface area (Å²) in [4.78, 5) is 30.7. The molecule has 1 heterocycles. The van der Waals surface area contributed by atoms with Gasteiger partial charge in [-0.15, -0.1) is 0 Å². The molecule has 3 rings (SSSR count). The van der Waals surface area contributed by atoms with E-state index in [9.17, 15) is 14.7 Å². The molecule has 0 saturated heterocycles. The van der Waals surface area contributed by atoms with Crippen molar-refractivity contribution in [3.8, 4) is 34.5 Å². The van der Waals surface area contributed by atoms with E-state index in [0.717, 1.165) is 11.1 Å².